The molecule has 2 aromatic rings. The van der Waals surface area contributed by atoms with Crippen molar-refractivity contribution in [2.75, 3.05) is 13.7 Å². The lowest BCUT2D eigenvalue weighted by atomic mass is 10.1. The summed E-state index contributed by atoms with van der Waals surface area (Å²) in [6, 6.07) is 9.15. The van der Waals surface area contributed by atoms with E-state index in [9.17, 15) is 17.2 Å². The van der Waals surface area contributed by atoms with E-state index in [1.54, 1.807) is 19.2 Å². The summed E-state index contributed by atoms with van der Waals surface area (Å²) in [5.74, 6) is -1.14. The Morgan fingerprint density at radius 3 is 2.29 bits per heavy atom. The van der Waals surface area contributed by atoms with Gasteiger partial charge in [-0.1, -0.05) is 12.1 Å². The molecule has 2 aromatic carbocycles. The molecule has 1 unspecified atom stereocenters. The molecule has 1 saturated heterocycles. The van der Waals surface area contributed by atoms with Gasteiger partial charge in [0.1, 0.15) is 17.4 Å². The number of hydrogen-bond donors (Lipinski definition) is 0. The number of benzene rings is 2. The van der Waals surface area contributed by atoms with Crippen LogP contribution in [0.4, 0.5) is 8.78 Å². The van der Waals surface area contributed by atoms with Gasteiger partial charge in [0, 0.05) is 12.6 Å². The third-order valence-corrected chi connectivity index (χ3v) is 6.03. The number of ether oxygens (including phenoxy) is 1. The number of hydrogen-bond acceptors (Lipinski definition) is 3. The highest BCUT2D eigenvalue weighted by atomic mass is 32.2. The van der Waals surface area contributed by atoms with Gasteiger partial charge in [-0.05, 0) is 42.7 Å². The van der Waals surface area contributed by atoms with Crippen molar-refractivity contribution in [3.05, 3.63) is 59.7 Å². The lowest BCUT2D eigenvalue weighted by molar-refractivity contribution is 0.394. The minimum Gasteiger partial charge on any atom is -0.497 e. The summed E-state index contributed by atoms with van der Waals surface area (Å²) in [6.07, 6.45) is 1.34. The van der Waals surface area contributed by atoms with E-state index in [2.05, 4.69) is 0 Å². The molecule has 7 heteroatoms. The monoisotopic (exact) mass is 353 g/mol. The molecular formula is C17H17F2NO3S. The van der Waals surface area contributed by atoms with Gasteiger partial charge in [0.05, 0.1) is 18.0 Å². The summed E-state index contributed by atoms with van der Waals surface area (Å²) >= 11 is 0. The molecule has 0 aromatic heterocycles. The fraction of sp³-hybridized carbons (Fsp3) is 0.294. The highest BCUT2D eigenvalue weighted by Crippen LogP contribution is 2.37. The Hall–Kier alpha value is -1.99. The van der Waals surface area contributed by atoms with Crippen LogP contribution in [0.1, 0.15) is 24.4 Å². The number of halogens is 2. The van der Waals surface area contributed by atoms with Crippen molar-refractivity contribution < 1.29 is 21.9 Å². The first-order valence-corrected chi connectivity index (χ1v) is 8.98. The molecule has 24 heavy (non-hydrogen) atoms. The first-order chi connectivity index (χ1) is 11.4. The van der Waals surface area contributed by atoms with Crippen molar-refractivity contribution in [3.63, 3.8) is 0 Å². The minimum absolute atomic E-state index is 0.317. The fourth-order valence-corrected chi connectivity index (χ4v) is 4.73. The van der Waals surface area contributed by atoms with Crippen LogP contribution in [0.25, 0.3) is 0 Å². The molecular weight excluding hydrogens is 336 g/mol. The van der Waals surface area contributed by atoms with E-state index in [4.69, 9.17) is 4.74 Å². The number of methoxy groups -OCH3 is 1. The van der Waals surface area contributed by atoms with Crippen LogP contribution >= 0.6 is 0 Å². The van der Waals surface area contributed by atoms with Crippen molar-refractivity contribution in [2.45, 2.75) is 23.8 Å². The maximum Gasteiger partial charge on any atom is 0.243 e. The summed E-state index contributed by atoms with van der Waals surface area (Å²) < 4.78 is 58.9. The van der Waals surface area contributed by atoms with Gasteiger partial charge in [0.25, 0.3) is 0 Å². The van der Waals surface area contributed by atoms with Gasteiger partial charge in [-0.2, -0.15) is 4.31 Å². The van der Waals surface area contributed by atoms with Crippen molar-refractivity contribution >= 4 is 10.0 Å². The Labute approximate surface area is 139 Å². The van der Waals surface area contributed by atoms with Crippen LogP contribution in [0, 0.1) is 11.6 Å². The third-order valence-electron chi connectivity index (χ3n) is 4.15. The quantitative estimate of drug-likeness (QED) is 0.845. The molecule has 3 rings (SSSR count). The molecule has 0 saturated carbocycles. The Morgan fingerprint density at radius 2 is 1.71 bits per heavy atom. The predicted octanol–water partition coefficient (Wildman–Crippen LogP) is 3.50. The molecule has 4 nitrogen and oxygen atoms in total. The standard InChI is InChI=1S/C17H17F2NO3S/c1-23-15-6-4-12(5-7-15)17-3-2-8-20(17)24(21,22)16-10-13(18)9-14(19)11-16/h4-7,9-11,17H,2-3,8H2,1H3. The highest BCUT2D eigenvalue weighted by molar-refractivity contribution is 7.89. The second-order valence-electron chi connectivity index (χ2n) is 5.65. The molecule has 1 atom stereocenters. The van der Waals surface area contributed by atoms with Crippen LogP contribution in [0.5, 0.6) is 5.75 Å². The van der Waals surface area contributed by atoms with Crippen molar-refractivity contribution in [1.82, 2.24) is 4.31 Å². The van der Waals surface area contributed by atoms with Gasteiger partial charge in [0.2, 0.25) is 10.0 Å². The smallest absolute Gasteiger partial charge is 0.243 e. The van der Waals surface area contributed by atoms with E-state index < -0.39 is 21.7 Å². The Balaban J connectivity index is 1.96. The molecule has 0 radical (unpaired) electrons. The van der Waals surface area contributed by atoms with Crippen molar-refractivity contribution in [2.24, 2.45) is 0 Å². The van der Waals surface area contributed by atoms with Gasteiger partial charge >= 0.3 is 0 Å². The first-order valence-electron chi connectivity index (χ1n) is 7.54. The van der Waals surface area contributed by atoms with Crippen LogP contribution in [-0.4, -0.2) is 26.4 Å². The molecule has 0 bridgehead atoms. The molecule has 1 aliphatic rings. The Kier molecular flexibility index (Phi) is 4.56. The fourth-order valence-electron chi connectivity index (χ4n) is 3.00. The highest BCUT2D eigenvalue weighted by Gasteiger charge is 2.36. The summed E-state index contributed by atoms with van der Waals surface area (Å²) in [5, 5.41) is 0. The largest absolute Gasteiger partial charge is 0.497 e. The van der Waals surface area contributed by atoms with Gasteiger partial charge in [-0.3, -0.25) is 0 Å². The Bertz CT molecular complexity index is 817. The maximum atomic E-state index is 13.4. The zero-order chi connectivity index (χ0) is 17.3. The summed E-state index contributed by atoms with van der Waals surface area (Å²) in [4.78, 5) is -0.361. The number of nitrogens with zero attached hydrogens (tertiary/aromatic N) is 1. The first kappa shape index (κ1) is 16.9. The van der Waals surface area contributed by atoms with E-state index in [0.29, 0.717) is 31.2 Å². The number of rotatable bonds is 4. The molecule has 1 fully saturated rings. The predicted molar refractivity (Wildman–Crippen MR) is 85.2 cm³/mol. The topological polar surface area (TPSA) is 46.6 Å². The van der Waals surface area contributed by atoms with Gasteiger partial charge < -0.3 is 4.74 Å². The van der Waals surface area contributed by atoms with Crippen molar-refractivity contribution in [1.29, 1.82) is 0 Å². The summed E-state index contributed by atoms with van der Waals surface area (Å²) in [5.41, 5.74) is 0.828. The SMILES string of the molecule is COc1ccc(C2CCCN2S(=O)(=O)c2cc(F)cc(F)c2)cc1. The van der Waals surface area contributed by atoms with E-state index in [1.807, 2.05) is 12.1 Å². The van der Waals surface area contributed by atoms with Gasteiger partial charge in [-0.15, -0.1) is 0 Å². The average molecular weight is 353 g/mol. The van der Waals surface area contributed by atoms with E-state index in [1.165, 1.54) is 4.31 Å². The van der Waals surface area contributed by atoms with E-state index in [-0.39, 0.29) is 10.9 Å². The molecule has 0 N–H and O–H groups in total. The van der Waals surface area contributed by atoms with E-state index in [0.717, 1.165) is 17.7 Å². The molecule has 0 amide bonds. The number of sulfonamides is 1. The normalized spacial score (nSPS) is 18.7. The minimum atomic E-state index is -3.97. The average Bonchev–Trinajstić information content (AvgIpc) is 3.04. The lowest BCUT2D eigenvalue weighted by Crippen LogP contribution is -2.30. The van der Waals surface area contributed by atoms with Crippen LogP contribution in [-0.2, 0) is 10.0 Å². The Morgan fingerprint density at radius 1 is 1.08 bits per heavy atom. The van der Waals surface area contributed by atoms with Gasteiger partial charge in [-0.25, -0.2) is 17.2 Å². The molecule has 1 heterocycles. The second-order valence-corrected chi connectivity index (χ2v) is 7.54. The third kappa shape index (κ3) is 3.14. The van der Waals surface area contributed by atoms with Crippen molar-refractivity contribution in [3.8, 4) is 5.75 Å². The van der Waals surface area contributed by atoms with Gasteiger partial charge in [0.15, 0.2) is 0 Å². The summed E-state index contributed by atoms with van der Waals surface area (Å²) in [6.45, 7) is 0.317. The van der Waals surface area contributed by atoms with Crippen LogP contribution in [0.2, 0.25) is 0 Å². The molecule has 128 valence electrons. The second kappa shape index (κ2) is 6.49. The molecule has 1 aliphatic heterocycles. The maximum absolute atomic E-state index is 13.4. The molecule has 0 aliphatic carbocycles. The van der Waals surface area contributed by atoms with Crippen LogP contribution in [0.15, 0.2) is 47.4 Å². The lowest BCUT2D eigenvalue weighted by Gasteiger charge is -2.24. The molecule has 0 spiro atoms. The zero-order valence-corrected chi connectivity index (χ0v) is 13.9. The van der Waals surface area contributed by atoms with Crippen LogP contribution in [0.3, 0.4) is 0 Å². The summed E-state index contributed by atoms with van der Waals surface area (Å²) in [7, 11) is -2.42. The van der Waals surface area contributed by atoms with E-state index >= 15 is 0 Å². The van der Waals surface area contributed by atoms with Crippen LogP contribution < -0.4 is 4.74 Å². The zero-order valence-electron chi connectivity index (χ0n) is 13.1.